The Bertz CT molecular complexity index is 912. The molecule has 3 rings (SSSR count). The van der Waals surface area contributed by atoms with Crippen LogP contribution in [-0.4, -0.2) is 22.0 Å². The molecule has 0 atom stereocenters. The van der Waals surface area contributed by atoms with Crippen molar-refractivity contribution in [2.24, 2.45) is 0 Å². The largest absolute Gasteiger partial charge is 0.344 e. The number of aromatic nitrogens is 2. The van der Waals surface area contributed by atoms with E-state index in [1.165, 1.54) is 0 Å². The molecule has 2 N–H and O–H groups in total. The fourth-order valence-electron chi connectivity index (χ4n) is 2.16. The summed E-state index contributed by atoms with van der Waals surface area (Å²) in [7, 11) is 0. The highest BCUT2D eigenvalue weighted by Gasteiger charge is 2.15. The molecule has 0 radical (unpaired) electrons. The summed E-state index contributed by atoms with van der Waals surface area (Å²) in [5.74, 6) is -0.946. The van der Waals surface area contributed by atoms with E-state index >= 15 is 0 Å². The Balaban J connectivity index is 1.50. The van der Waals surface area contributed by atoms with Crippen molar-refractivity contribution in [2.45, 2.75) is 13.1 Å². The first-order chi connectivity index (χ1) is 12.6. The van der Waals surface area contributed by atoms with Crippen molar-refractivity contribution in [1.82, 2.24) is 20.8 Å². The summed E-state index contributed by atoms with van der Waals surface area (Å²) in [6.07, 6.45) is 0. The van der Waals surface area contributed by atoms with Crippen molar-refractivity contribution in [3.8, 4) is 11.4 Å². The molecule has 0 spiro atoms. The Morgan fingerprint density at radius 2 is 1.58 bits per heavy atom. The molecule has 0 saturated carbocycles. The maximum Gasteiger partial charge on any atom is 0.309 e. The highest BCUT2D eigenvalue weighted by atomic mass is 35.5. The molecular formula is C18H15ClN4O3. The number of halogens is 1. The smallest absolute Gasteiger partial charge is 0.309 e. The number of carbonyl (C=O) groups is 2. The van der Waals surface area contributed by atoms with Gasteiger partial charge in [0.2, 0.25) is 11.7 Å². The second-order valence-electron chi connectivity index (χ2n) is 5.33. The molecule has 1 heterocycles. The predicted octanol–water partition coefficient (Wildman–Crippen LogP) is 2.32. The predicted molar refractivity (Wildman–Crippen MR) is 94.9 cm³/mol. The van der Waals surface area contributed by atoms with Gasteiger partial charge in [0.15, 0.2) is 0 Å². The number of benzene rings is 2. The minimum atomic E-state index is -0.795. The van der Waals surface area contributed by atoms with Crippen LogP contribution in [0.25, 0.3) is 11.4 Å². The van der Waals surface area contributed by atoms with Gasteiger partial charge in [-0.15, -0.1) is 0 Å². The highest BCUT2D eigenvalue weighted by Crippen LogP contribution is 2.15. The lowest BCUT2D eigenvalue weighted by Crippen LogP contribution is -2.39. The zero-order valence-corrected chi connectivity index (χ0v) is 14.4. The third kappa shape index (κ3) is 4.46. The van der Waals surface area contributed by atoms with Crippen molar-refractivity contribution >= 4 is 23.4 Å². The maximum absolute atomic E-state index is 11.9. The molecule has 0 aliphatic carbocycles. The third-order valence-corrected chi connectivity index (χ3v) is 3.87. The molecule has 0 aliphatic rings. The van der Waals surface area contributed by atoms with E-state index in [4.69, 9.17) is 16.1 Å². The Labute approximate surface area is 154 Å². The second kappa shape index (κ2) is 8.26. The molecule has 0 unspecified atom stereocenters. The summed E-state index contributed by atoms with van der Waals surface area (Å²) in [5, 5.41) is 9.30. The average Bonchev–Trinajstić information content (AvgIpc) is 3.15. The first kappa shape index (κ1) is 17.6. The Morgan fingerprint density at radius 3 is 2.31 bits per heavy atom. The van der Waals surface area contributed by atoms with E-state index in [2.05, 4.69) is 20.8 Å². The van der Waals surface area contributed by atoms with E-state index < -0.39 is 11.8 Å². The van der Waals surface area contributed by atoms with Crippen LogP contribution >= 0.6 is 11.6 Å². The lowest BCUT2D eigenvalue weighted by atomic mass is 10.2. The van der Waals surface area contributed by atoms with Gasteiger partial charge in [0.25, 0.3) is 0 Å². The van der Waals surface area contributed by atoms with E-state index in [-0.39, 0.29) is 19.0 Å². The number of rotatable bonds is 5. The molecule has 0 bridgehead atoms. The number of hydrogen-bond donors (Lipinski definition) is 2. The molecule has 26 heavy (non-hydrogen) atoms. The number of hydrogen-bond acceptors (Lipinski definition) is 5. The van der Waals surface area contributed by atoms with E-state index in [9.17, 15) is 9.59 Å². The summed E-state index contributed by atoms with van der Waals surface area (Å²) in [6.45, 7) is 0.114. The molecule has 1 aromatic heterocycles. The summed E-state index contributed by atoms with van der Waals surface area (Å²) < 4.78 is 5.07. The maximum atomic E-state index is 11.9. The van der Waals surface area contributed by atoms with Crippen LogP contribution in [0.3, 0.4) is 0 Å². The van der Waals surface area contributed by atoms with E-state index in [1.54, 1.807) is 24.3 Å². The molecular weight excluding hydrogens is 356 g/mol. The monoisotopic (exact) mass is 370 g/mol. The van der Waals surface area contributed by atoms with Crippen molar-refractivity contribution in [1.29, 1.82) is 0 Å². The highest BCUT2D eigenvalue weighted by molar-refractivity contribution is 6.35. The van der Waals surface area contributed by atoms with Gasteiger partial charge in [-0.3, -0.25) is 9.59 Å². The number of nitrogens with zero attached hydrogens (tertiary/aromatic N) is 2. The molecule has 8 heteroatoms. The molecule has 2 amide bonds. The van der Waals surface area contributed by atoms with Crippen molar-refractivity contribution in [2.75, 3.05) is 0 Å². The van der Waals surface area contributed by atoms with E-state index in [0.717, 1.165) is 11.1 Å². The van der Waals surface area contributed by atoms with Gasteiger partial charge in [0.1, 0.15) is 0 Å². The fraction of sp³-hybridized carbons (Fsp3) is 0.111. The normalized spacial score (nSPS) is 10.3. The van der Waals surface area contributed by atoms with Gasteiger partial charge >= 0.3 is 11.8 Å². The minimum Gasteiger partial charge on any atom is -0.344 e. The first-order valence-electron chi connectivity index (χ1n) is 7.81. The van der Waals surface area contributed by atoms with Crippen LogP contribution in [0.1, 0.15) is 11.5 Å². The van der Waals surface area contributed by atoms with Crippen LogP contribution in [0, 0.1) is 0 Å². The van der Waals surface area contributed by atoms with E-state index in [0.29, 0.717) is 10.8 Å². The zero-order chi connectivity index (χ0) is 18.4. The van der Waals surface area contributed by atoms with Crippen molar-refractivity contribution in [3.63, 3.8) is 0 Å². The molecule has 0 fully saturated rings. The minimum absolute atomic E-state index is 0.0435. The lowest BCUT2D eigenvalue weighted by Gasteiger charge is -2.06. The van der Waals surface area contributed by atoms with Gasteiger partial charge in [-0.25, -0.2) is 0 Å². The topological polar surface area (TPSA) is 97.1 Å². The van der Waals surface area contributed by atoms with E-state index in [1.807, 2.05) is 30.3 Å². The number of carbonyl (C=O) groups excluding carboxylic acids is 2. The van der Waals surface area contributed by atoms with Crippen LogP contribution < -0.4 is 10.6 Å². The zero-order valence-electron chi connectivity index (χ0n) is 13.6. The molecule has 0 aliphatic heterocycles. The van der Waals surface area contributed by atoms with Crippen LogP contribution in [0.4, 0.5) is 0 Å². The summed E-state index contributed by atoms with van der Waals surface area (Å²) in [4.78, 5) is 27.9. The Morgan fingerprint density at radius 1 is 0.923 bits per heavy atom. The summed E-state index contributed by atoms with van der Waals surface area (Å²) in [6, 6.07) is 16.3. The van der Waals surface area contributed by atoms with Crippen LogP contribution in [0.15, 0.2) is 59.1 Å². The number of nitrogens with one attached hydrogen (secondary N) is 2. The lowest BCUT2D eigenvalue weighted by molar-refractivity contribution is -0.139. The summed E-state index contributed by atoms with van der Waals surface area (Å²) >= 11 is 6.00. The second-order valence-corrected chi connectivity index (χ2v) is 5.74. The summed E-state index contributed by atoms with van der Waals surface area (Å²) in [5.41, 5.74) is 1.52. The standard InChI is InChI=1S/C18H15ClN4O3/c19-14-9-5-4-8-13(14)10-20-17(24)18(25)21-11-15-22-16(23-26-15)12-6-2-1-3-7-12/h1-9H,10-11H2,(H,20,24)(H,21,25). The quantitative estimate of drug-likeness (QED) is 0.672. The van der Waals surface area contributed by atoms with Crippen molar-refractivity contribution in [3.05, 3.63) is 71.1 Å². The molecule has 3 aromatic rings. The van der Waals surface area contributed by atoms with Gasteiger partial charge < -0.3 is 15.2 Å². The van der Waals surface area contributed by atoms with Gasteiger partial charge in [0, 0.05) is 17.1 Å². The van der Waals surface area contributed by atoms with Gasteiger partial charge in [-0.05, 0) is 11.6 Å². The van der Waals surface area contributed by atoms with Gasteiger partial charge in [-0.1, -0.05) is 65.3 Å². The van der Waals surface area contributed by atoms with Crippen LogP contribution in [0.2, 0.25) is 5.02 Å². The molecule has 7 nitrogen and oxygen atoms in total. The van der Waals surface area contributed by atoms with Crippen LogP contribution in [-0.2, 0) is 22.7 Å². The average molecular weight is 371 g/mol. The van der Waals surface area contributed by atoms with Crippen molar-refractivity contribution < 1.29 is 14.1 Å². The van der Waals surface area contributed by atoms with Gasteiger partial charge in [0.05, 0.1) is 6.54 Å². The number of amides is 2. The molecule has 0 saturated heterocycles. The van der Waals surface area contributed by atoms with Gasteiger partial charge in [-0.2, -0.15) is 4.98 Å². The Hall–Kier alpha value is -3.19. The molecule has 132 valence electrons. The first-order valence-corrected chi connectivity index (χ1v) is 8.18. The Kier molecular flexibility index (Phi) is 5.60. The SMILES string of the molecule is O=C(NCc1nc(-c2ccccc2)no1)C(=O)NCc1ccccc1Cl. The van der Waals surface area contributed by atoms with Crippen LogP contribution in [0.5, 0.6) is 0 Å². The molecule has 2 aromatic carbocycles. The fourth-order valence-corrected chi connectivity index (χ4v) is 2.37. The third-order valence-electron chi connectivity index (χ3n) is 3.50.